The van der Waals surface area contributed by atoms with Crippen LogP contribution in [0, 0.1) is 0 Å². The summed E-state index contributed by atoms with van der Waals surface area (Å²) < 4.78 is 0. The first-order valence-electron chi connectivity index (χ1n) is 4.00. The molecule has 0 aromatic rings. The van der Waals surface area contributed by atoms with Crippen molar-refractivity contribution in [3.05, 3.63) is 11.6 Å². The van der Waals surface area contributed by atoms with Crippen LogP contribution in [0.5, 0.6) is 0 Å². The van der Waals surface area contributed by atoms with Gasteiger partial charge in [-0.25, -0.2) is 0 Å². The van der Waals surface area contributed by atoms with Crippen molar-refractivity contribution in [1.82, 2.24) is 5.32 Å². The first kappa shape index (κ1) is 11.3. The number of rotatable bonds is 3. The fourth-order valence-corrected chi connectivity index (χ4v) is 3.58. The van der Waals surface area contributed by atoms with Crippen molar-refractivity contribution in [1.29, 1.82) is 0 Å². The van der Waals surface area contributed by atoms with Gasteiger partial charge in [-0.05, 0) is 0 Å². The van der Waals surface area contributed by atoms with Gasteiger partial charge in [-0.2, -0.15) is 11.8 Å². The van der Waals surface area contributed by atoms with Crippen LogP contribution >= 0.6 is 35.1 Å². The summed E-state index contributed by atoms with van der Waals surface area (Å²) in [6.07, 6.45) is 0. The predicted molar refractivity (Wildman–Crippen MR) is 61.6 cm³/mol. The molecular weight excluding hydrogens is 226 g/mol. The van der Waals surface area contributed by atoms with E-state index in [1.54, 1.807) is 11.8 Å². The predicted octanol–water partition coefficient (Wildman–Crippen LogP) is 1.70. The van der Waals surface area contributed by atoms with Gasteiger partial charge in [0.25, 0.3) is 0 Å². The molecule has 0 bridgehead atoms. The number of thioether (sulfide) groups is 2. The molecule has 1 fully saturated rings. The van der Waals surface area contributed by atoms with Crippen molar-refractivity contribution < 1.29 is 4.79 Å². The zero-order valence-electron chi connectivity index (χ0n) is 7.22. The average molecular weight is 238 g/mol. The molecule has 13 heavy (non-hydrogen) atoms. The van der Waals surface area contributed by atoms with Gasteiger partial charge in [-0.1, -0.05) is 18.2 Å². The Morgan fingerprint density at radius 3 is 2.92 bits per heavy atom. The Kier molecular flexibility index (Phi) is 5.06. The Bertz CT molecular complexity index is 204. The quantitative estimate of drug-likeness (QED) is 0.810. The molecule has 0 spiro atoms. The topological polar surface area (TPSA) is 29.1 Å². The zero-order chi connectivity index (χ0) is 9.68. The molecule has 1 aliphatic rings. The van der Waals surface area contributed by atoms with Crippen molar-refractivity contribution in [3.8, 4) is 0 Å². The maximum Gasteiger partial charge on any atom is 0.234 e. The van der Waals surface area contributed by atoms with Gasteiger partial charge in [0.1, 0.15) is 0 Å². The number of hydrogen-bond acceptors (Lipinski definition) is 3. The van der Waals surface area contributed by atoms with Crippen molar-refractivity contribution in [3.63, 3.8) is 0 Å². The second-order valence-corrected chi connectivity index (χ2v) is 5.66. The van der Waals surface area contributed by atoms with Crippen LogP contribution in [0.25, 0.3) is 0 Å². The molecule has 74 valence electrons. The van der Waals surface area contributed by atoms with Crippen molar-refractivity contribution >= 4 is 41.0 Å². The van der Waals surface area contributed by atoms with Crippen LogP contribution in [0.2, 0.25) is 0 Å². The summed E-state index contributed by atoms with van der Waals surface area (Å²) in [5, 5.41) is 3.31. The second kappa shape index (κ2) is 5.83. The van der Waals surface area contributed by atoms with Gasteiger partial charge in [0.05, 0.1) is 11.8 Å². The van der Waals surface area contributed by atoms with Gasteiger partial charge in [0, 0.05) is 22.3 Å². The monoisotopic (exact) mass is 237 g/mol. The molecule has 5 heteroatoms. The molecule has 0 saturated carbocycles. The van der Waals surface area contributed by atoms with Crippen LogP contribution in [-0.4, -0.2) is 35.0 Å². The number of carbonyl (C=O) groups excluding carboxylic acids is 1. The van der Waals surface area contributed by atoms with E-state index in [1.165, 1.54) is 0 Å². The molecule has 1 amide bonds. The molecule has 0 aromatic carbocycles. The minimum Gasteiger partial charge on any atom is -0.350 e. The maximum atomic E-state index is 11.5. The zero-order valence-corrected chi connectivity index (χ0v) is 9.60. The Hall–Kier alpha value is 0.200. The largest absolute Gasteiger partial charge is 0.350 e. The Labute approximate surface area is 91.9 Å². The van der Waals surface area contributed by atoms with Gasteiger partial charge in [-0.3, -0.25) is 4.79 Å². The molecular formula is C8H12ClNOS2. The van der Waals surface area contributed by atoms with E-state index in [9.17, 15) is 4.79 Å². The highest BCUT2D eigenvalue weighted by molar-refractivity contribution is 8.07. The van der Waals surface area contributed by atoms with Gasteiger partial charge >= 0.3 is 0 Å². The lowest BCUT2D eigenvalue weighted by atomic mass is 10.4. The van der Waals surface area contributed by atoms with E-state index in [2.05, 4.69) is 11.9 Å². The minimum atomic E-state index is 0.0824. The lowest BCUT2D eigenvalue weighted by molar-refractivity contribution is -0.120. The number of amides is 1. The van der Waals surface area contributed by atoms with Crippen LogP contribution in [-0.2, 0) is 4.79 Å². The summed E-state index contributed by atoms with van der Waals surface area (Å²) in [5.41, 5.74) is 0. The first-order chi connectivity index (χ1) is 6.20. The smallest absolute Gasteiger partial charge is 0.234 e. The van der Waals surface area contributed by atoms with E-state index in [0.717, 1.165) is 17.3 Å². The van der Waals surface area contributed by atoms with E-state index >= 15 is 0 Å². The average Bonchev–Trinajstić information content (AvgIpc) is 2.15. The van der Waals surface area contributed by atoms with E-state index in [1.807, 2.05) is 11.8 Å². The highest BCUT2D eigenvalue weighted by Crippen LogP contribution is 2.23. The SMILES string of the molecule is C=C(Cl)CNC(=O)C1CSCCS1. The summed E-state index contributed by atoms with van der Waals surface area (Å²) >= 11 is 9.09. The third kappa shape index (κ3) is 4.29. The van der Waals surface area contributed by atoms with E-state index in [0.29, 0.717) is 11.6 Å². The van der Waals surface area contributed by atoms with Crippen LogP contribution in [0.3, 0.4) is 0 Å². The number of halogens is 1. The van der Waals surface area contributed by atoms with Gasteiger partial charge in [0.2, 0.25) is 5.91 Å². The van der Waals surface area contributed by atoms with Crippen molar-refractivity contribution in [2.24, 2.45) is 0 Å². The summed E-state index contributed by atoms with van der Waals surface area (Å²) in [6.45, 7) is 3.89. The Morgan fingerprint density at radius 2 is 2.38 bits per heavy atom. The summed E-state index contributed by atoms with van der Waals surface area (Å²) in [6, 6.07) is 0. The molecule has 1 unspecified atom stereocenters. The highest BCUT2D eigenvalue weighted by Gasteiger charge is 2.21. The standard InChI is InChI=1S/C8H12ClNOS2/c1-6(9)4-10-8(11)7-5-12-2-3-13-7/h7H,1-5H2,(H,10,11). The van der Waals surface area contributed by atoms with E-state index < -0.39 is 0 Å². The fraction of sp³-hybridized carbons (Fsp3) is 0.625. The number of nitrogens with one attached hydrogen (secondary N) is 1. The normalized spacial score (nSPS) is 22.4. The first-order valence-corrected chi connectivity index (χ1v) is 6.58. The number of carbonyl (C=O) groups is 1. The minimum absolute atomic E-state index is 0.0824. The highest BCUT2D eigenvalue weighted by atomic mass is 35.5. The van der Waals surface area contributed by atoms with E-state index in [4.69, 9.17) is 11.6 Å². The fourth-order valence-electron chi connectivity index (χ4n) is 0.936. The van der Waals surface area contributed by atoms with E-state index in [-0.39, 0.29) is 11.2 Å². The maximum absolute atomic E-state index is 11.5. The van der Waals surface area contributed by atoms with Crippen molar-refractivity contribution in [2.75, 3.05) is 23.8 Å². The molecule has 1 saturated heterocycles. The van der Waals surface area contributed by atoms with Crippen LogP contribution < -0.4 is 5.32 Å². The lowest BCUT2D eigenvalue weighted by Gasteiger charge is -2.19. The van der Waals surface area contributed by atoms with Gasteiger partial charge in [-0.15, -0.1) is 11.8 Å². The molecule has 1 N–H and O–H groups in total. The summed E-state index contributed by atoms with van der Waals surface area (Å²) in [4.78, 5) is 11.5. The summed E-state index contributed by atoms with van der Waals surface area (Å²) in [7, 11) is 0. The third-order valence-corrected chi connectivity index (χ3v) is 4.45. The van der Waals surface area contributed by atoms with Gasteiger partial charge < -0.3 is 5.32 Å². The molecule has 1 atom stereocenters. The molecule has 1 aliphatic heterocycles. The molecule has 2 nitrogen and oxygen atoms in total. The Morgan fingerprint density at radius 1 is 1.62 bits per heavy atom. The third-order valence-electron chi connectivity index (χ3n) is 1.56. The second-order valence-electron chi connectivity index (χ2n) is 2.67. The molecule has 0 aromatic heterocycles. The number of hydrogen-bond donors (Lipinski definition) is 1. The van der Waals surface area contributed by atoms with Crippen molar-refractivity contribution in [2.45, 2.75) is 5.25 Å². The molecule has 0 aliphatic carbocycles. The van der Waals surface area contributed by atoms with Gasteiger partial charge in [0.15, 0.2) is 0 Å². The molecule has 1 rings (SSSR count). The van der Waals surface area contributed by atoms with Crippen LogP contribution in [0.4, 0.5) is 0 Å². The Balaban J connectivity index is 2.25. The summed E-state index contributed by atoms with van der Waals surface area (Å²) in [5.74, 6) is 3.20. The molecule has 1 heterocycles. The lowest BCUT2D eigenvalue weighted by Crippen LogP contribution is -2.36. The van der Waals surface area contributed by atoms with Crippen LogP contribution in [0.15, 0.2) is 11.6 Å². The van der Waals surface area contributed by atoms with Crippen LogP contribution in [0.1, 0.15) is 0 Å². The molecule has 0 radical (unpaired) electrons.